The molecule has 0 bridgehead atoms. The zero-order chi connectivity index (χ0) is 12.9. The molecule has 94 valence electrons. The van der Waals surface area contributed by atoms with Crippen LogP contribution in [0.2, 0.25) is 0 Å². The summed E-state index contributed by atoms with van der Waals surface area (Å²) < 4.78 is 17.4. The maximum absolute atomic E-state index is 12.3. The second-order valence-corrected chi connectivity index (χ2v) is 6.48. The highest BCUT2D eigenvalue weighted by Gasteiger charge is 2.28. The highest BCUT2D eigenvalue weighted by atomic mass is 31.2. The van der Waals surface area contributed by atoms with Crippen molar-refractivity contribution >= 4 is 7.37 Å². The SMILES string of the molecule is C=CCNC(c1ccc(O)cc1)[P@](C)(=O)OC. The monoisotopic (exact) mass is 255 g/mol. The lowest BCUT2D eigenvalue weighted by atomic mass is 10.2. The van der Waals surface area contributed by atoms with E-state index >= 15 is 0 Å². The van der Waals surface area contributed by atoms with Gasteiger partial charge in [0.1, 0.15) is 11.5 Å². The molecule has 0 fully saturated rings. The third-order valence-corrected chi connectivity index (χ3v) is 4.64. The Bertz CT molecular complexity index is 416. The van der Waals surface area contributed by atoms with Gasteiger partial charge in [0.25, 0.3) is 0 Å². The van der Waals surface area contributed by atoms with Gasteiger partial charge >= 0.3 is 0 Å². The maximum atomic E-state index is 12.3. The van der Waals surface area contributed by atoms with E-state index in [-0.39, 0.29) is 5.75 Å². The first-order valence-corrected chi connectivity index (χ1v) is 7.41. The van der Waals surface area contributed by atoms with Gasteiger partial charge in [0.2, 0.25) is 7.37 Å². The number of nitrogens with one attached hydrogen (secondary N) is 1. The van der Waals surface area contributed by atoms with E-state index in [1.165, 1.54) is 7.11 Å². The highest BCUT2D eigenvalue weighted by Crippen LogP contribution is 2.54. The molecule has 0 spiro atoms. The van der Waals surface area contributed by atoms with Gasteiger partial charge in [-0.1, -0.05) is 18.2 Å². The fraction of sp³-hybridized carbons (Fsp3) is 0.333. The molecule has 0 radical (unpaired) electrons. The van der Waals surface area contributed by atoms with Crippen LogP contribution in [0, 0.1) is 0 Å². The Kier molecular flexibility index (Phi) is 4.94. The normalized spacial score (nSPS) is 16.1. The Balaban J connectivity index is 3.01. The standard InChI is InChI=1S/C12H18NO3P/c1-4-9-13-12(17(3,15)16-2)10-5-7-11(14)8-6-10/h4-8,12-14H,1,9H2,2-3H3/t12?,17-/m1/s1. The molecule has 0 aliphatic rings. The Hall–Kier alpha value is -1.09. The van der Waals surface area contributed by atoms with E-state index in [1.54, 1.807) is 37.0 Å². The van der Waals surface area contributed by atoms with Gasteiger partial charge in [-0.2, -0.15) is 0 Å². The van der Waals surface area contributed by atoms with Crippen molar-refractivity contribution in [2.24, 2.45) is 0 Å². The molecule has 1 rings (SSSR count). The quantitative estimate of drug-likeness (QED) is 0.606. The molecule has 0 amide bonds. The molecule has 2 N–H and O–H groups in total. The van der Waals surface area contributed by atoms with E-state index in [1.807, 2.05) is 0 Å². The molecular formula is C12H18NO3P. The molecule has 0 heterocycles. The first kappa shape index (κ1) is 14.0. The van der Waals surface area contributed by atoms with Gasteiger partial charge in [0.15, 0.2) is 0 Å². The second kappa shape index (κ2) is 6.01. The summed E-state index contributed by atoms with van der Waals surface area (Å²) in [6.07, 6.45) is 1.70. The van der Waals surface area contributed by atoms with Crippen molar-refractivity contribution in [2.75, 3.05) is 20.3 Å². The van der Waals surface area contributed by atoms with E-state index < -0.39 is 13.2 Å². The van der Waals surface area contributed by atoms with Gasteiger partial charge < -0.3 is 9.63 Å². The van der Waals surface area contributed by atoms with Crippen LogP contribution in [0.1, 0.15) is 11.3 Å². The molecule has 0 aliphatic heterocycles. The summed E-state index contributed by atoms with van der Waals surface area (Å²) in [5.74, 6) is -0.217. The molecule has 4 nitrogen and oxygen atoms in total. The van der Waals surface area contributed by atoms with Gasteiger partial charge in [-0.15, -0.1) is 6.58 Å². The van der Waals surface area contributed by atoms with Crippen LogP contribution in [0.15, 0.2) is 36.9 Å². The number of rotatable bonds is 6. The first-order valence-electron chi connectivity index (χ1n) is 5.27. The van der Waals surface area contributed by atoms with Crippen molar-refractivity contribution < 1.29 is 14.2 Å². The summed E-state index contributed by atoms with van der Waals surface area (Å²) >= 11 is 0. The molecule has 2 atom stereocenters. The average Bonchev–Trinajstić information content (AvgIpc) is 2.31. The van der Waals surface area contributed by atoms with Crippen LogP contribution in [0.25, 0.3) is 0 Å². The zero-order valence-corrected chi connectivity index (χ0v) is 11.0. The molecule has 1 aromatic rings. The Morgan fingerprint density at radius 1 is 1.53 bits per heavy atom. The van der Waals surface area contributed by atoms with Crippen LogP contribution in [0.5, 0.6) is 5.75 Å². The van der Waals surface area contributed by atoms with Gasteiger partial charge in [-0.05, 0) is 17.7 Å². The number of hydrogen-bond donors (Lipinski definition) is 2. The van der Waals surface area contributed by atoms with Crippen molar-refractivity contribution in [2.45, 2.75) is 5.78 Å². The summed E-state index contributed by atoms with van der Waals surface area (Å²) in [6.45, 7) is 5.73. The van der Waals surface area contributed by atoms with Gasteiger partial charge in [-0.3, -0.25) is 9.88 Å². The predicted molar refractivity (Wildman–Crippen MR) is 69.6 cm³/mol. The highest BCUT2D eigenvalue weighted by molar-refractivity contribution is 7.58. The maximum Gasteiger partial charge on any atom is 0.220 e. The van der Waals surface area contributed by atoms with Gasteiger partial charge in [0.05, 0.1) is 0 Å². The zero-order valence-electron chi connectivity index (χ0n) is 10.1. The van der Waals surface area contributed by atoms with Crippen molar-refractivity contribution in [3.8, 4) is 5.75 Å². The second-order valence-electron chi connectivity index (χ2n) is 3.78. The van der Waals surface area contributed by atoms with E-state index in [4.69, 9.17) is 4.52 Å². The van der Waals surface area contributed by atoms with Crippen LogP contribution in [-0.4, -0.2) is 25.4 Å². The Labute approximate surface area is 102 Å². The fourth-order valence-corrected chi connectivity index (χ4v) is 2.87. The van der Waals surface area contributed by atoms with E-state index in [9.17, 15) is 9.67 Å². The summed E-state index contributed by atoms with van der Waals surface area (Å²) in [7, 11) is -1.36. The third-order valence-electron chi connectivity index (χ3n) is 2.50. The minimum atomic E-state index is -2.79. The summed E-state index contributed by atoms with van der Waals surface area (Å²) in [5, 5.41) is 12.3. The lowest BCUT2D eigenvalue weighted by Crippen LogP contribution is -2.21. The lowest BCUT2D eigenvalue weighted by molar-refractivity contribution is 0.381. The number of phenolic OH excluding ortho intramolecular Hbond substituents is 1. The third kappa shape index (κ3) is 3.70. The van der Waals surface area contributed by atoms with Crippen LogP contribution in [0.4, 0.5) is 0 Å². The summed E-state index contributed by atoms with van der Waals surface area (Å²) in [4.78, 5) is 0. The fourth-order valence-electron chi connectivity index (χ4n) is 1.51. The number of aromatic hydroxyl groups is 1. The van der Waals surface area contributed by atoms with E-state index in [0.29, 0.717) is 6.54 Å². The topological polar surface area (TPSA) is 58.6 Å². The molecular weight excluding hydrogens is 237 g/mol. The number of phenols is 1. The molecule has 5 heteroatoms. The van der Waals surface area contributed by atoms with E-state index in [0.717, 1.165) is 5.56 Å². The molecule has 0 saturated carbocycles. The van der Waals surface area contributed by atoms with Crippen molar-refractivity contribution in [3.05, 3.63) is 42.5 Å². The van der Waals surface area contributed by atoms with Crippen LogP contribution < -0.4 is 5.32 Å². The molecule has 1 aromatic carbocycles. The number of hydrogen-bond acceptors (Lipinski definition) is 4. The van der Waals surface area contributed by atoms with Crippen molar-refractivity contribution in [3.63, 3.8) is 0 Å². The molecule has 0 aromatic heterocycles. The number of benzene rings is 1. The van der Waals surface area contributed by atoms with Crippen LogP contribution in [0.3, 0.4) is 0 Å². The predicted octanol–water partition coefficient (Wildman–Crippen LogP) is 2.72. The minimum absolute atomic E-state index is 0.180. The first-order chi connectivity index (χ1) is 8.01. The average molecular weight is 255 g/mol. The van der Waals surface area contributed by atoms with Crippen molar-refractivity contribution in [1.82, 2.24) is 5.32 Å². The van der Waals surface area contributed by atoms with E-state index in [2.05, 4.69) is 11.9 Å². The largest absolute Gasteiger partial charge is 0.508 e. The molecule has 17 heavy (non-hydrogen) atoms. The summed E-state index contributed by atoms with van der Waals surface area (Å²) in [5.41, 5.74) is 0.817. The molecule has 0 aliphatic carbocycles. The van der Waals surface area contributed by atoms with Gasteiger partial charge in [-0.25, -0.2) is 0 Å². The molecule has 1 unspecified atom stereocenters. The Morgan fingerprint density at radius 2 is 2.12 bits per heavy atom. The van der Waals surface area contributed by atoms with Gasteiger partial charge in [0, 0.05) is 20.3 Å². The summed E-state index contributed by atoms with van der Waals surface area (Å²) in [6, 6.07) is 6.58. The molecule has 0 saturated heterocycles. The van der Waals surface area contributed by atoms with Crippen LogP contribution >= 0.6 is 7.37 Å². The lowest BCUT2D eigenvalue weighted by Gasteiger charge is -2.24. The smallest absolute Gasteiger partial charge is 0.220 e. The minimum Gasteiger partial charge on any atom is -0.508 e. The van der Waals surface area contributed by atoms with Crippen molar-refractivity contribution in [1.29, 1.82) is 0 Å². The van der Waals surface area contributed by atoms with Crippen LogP contribution in [-0.2, 0) is 9.09 Å². The Morgan fingerprint density at radius 3 is 2.59 bits per heavy atom.